The zero-order chi connectivity index (χ0) is 19.3. The standard InChI is InChI=1S/C19H24N2O5S/c1-2-8-3-4-9-12(7-8)27-18(13(9)16(20)22)21-17(23)14-10-5-6-11(26-10)15(14)19(24)25/h8,10-11,14-15H,2-7H2,1H3,(H2,20,22)(H,21,23)(H,24,25)/t8-,10+,11-,14-,15+/m1/s1. The summed E-state index contributed by atoms with van der Waals surface area (Å²) in [5.74, 6) is -2.92. The van der Waals surface area contributed by atoms with Crippen molar-refractivity contribution in [1.82, 2.24) is 0 Å². The fourth-order valence-electron chi connectivity index (χ4n) is 4.87. The van der Waals surface area contributed by atoms with Gasteiger partial charge < -0.3 is 20.9 Å². The zero-order valence-electron chi connectivity index (χ0n) is 15.2. The highest BCUT2D eigenvalue weighted by atomic mass is 32.1. The van der Waals surface area contributed by atoms with E-state index in [1.54, 1.807) is 0 Å². The molecule has 0 saturated carbocycles. The van der Waals surface area contributed by atoms with Gasteiger partial charge in [0.15, 0.2) is 0 Å². The Labute approximate surface area is 161 Å². The molecular formula is C19H24N2O5S. The maximum absolute atomic E-state index is 12.9. The first-order valence-corrected chi connectivity index (χ1v) is 10.4. The van der Waals surface area contributed by atoms with Crippen LogP contribution in [0.2, 0.25) is 0 Å². The summed E-state index contributed by atoms with van der Waals surface area (Å²) >= 11 is 1.41. The number of thiophene rings is 1. The van der Waals surface area contributed by atoms with Crippen molar-refractivity contribution in [1.29, 1.82) is 0 Å². The van der Waals surface area contributed by atoms with Gasteiger partial charge in [-0.15, -0.1) is 11.3 Å². The number of carbonyl (C=O) groups excluding carboxylic acids is 2. The summed E-state index contributed by atoms with van der Waals surface area (Å²) in [6, 6.07) is 0. The quantitative estimate of drug-likeness (QED) is 0.710. The van der Waals surface area contributed by atoms with Gasteiger partial charge in [-0.25, -0.2) is 0 Å². The topological polar surface area (TPSA) is 119 Å². The Morgan fingerprint density at radius 2 is 1.93 bits per heavy atom. The maximum atomic E-state index is 12.9. The third-order valence-electron chi connectivity index (χ3n) is 6.29. The predicted octanol–water partition coefficient (Wildman–Crippen LogP) is 2.18. The predicted molar refractivity (Wildman–Crippen MR) is 99.8 cm³/mol. The SMILES string of the molecule is CC[C@@H]1CCc2c(sc(NC(=O)[C@H]3[C@@H](C(=O)O)[C@H]4CC[C@@H]3O4)c2C(N)=O)C1. The van der Waals surface area contributed by atoms with Crippen LogP contribution in [0, 0.1) is 17.8 Å². The third-order valence-corrected chi connectivity index (χ3v) is 7.46. The van der Waals surface area contributed by atoms with E-state index in [4.69, 9.17) is 10.5 Å². The molecule has 5 atom stereocenters. The van der Waals surface area contributed by atoms with Gasteiger partial charge in [0.2, 0.25) is 5.91 Å². The van der Waals surface area contributed by atoms with Crippen LogP contribution >= 0.6 is 11.3 Å². The van der Waals surface area contributed by atoms with E-state index < -0.39 is 29.8 Å². The highest BCUT2D eigenvalue weighted by molar-refractivity contribution is 7.17. The van der Waals surface area contributed by atoms with Gasteiger partial charge in [-0.1, -0.05) is 13.3 Å². The molecule has 3 aliphatic rings. The fourth-order valence-corrected chi connectivity index (χ4v) is 6.24. The smallest absolute Gasteiger partial charge is 0.310 e. The summed E-state index contributed by atoms with van der Waals surface area (Å²) in [4.78, 5) is 37.7. The van der Waals surface area contributed by atoms with Crippen LogP contribution in [0.4, 0.5) is 5.00 Å². The molecule has 2 amide bonds. The van der Waals surface area contributed by atoms with Gasteiger partial charge in [0.25, 0.3) is 5.91 Å². The van der Waals surface area contributed by atoms with Gasteiger partial charge in [-0.3, -0.25) is 14.4 Å². The second kappa shape index (κ2) is 6.91. The van der Waals surface area contributed by atoms with E-state index in [0.29, 0.717) is 29.3 Å². The van der Waals surface area contributed by atoms with Crippen molar-refractivity contribution in [3.8, 4) is 0 Å². The van der Waals surface area contributed by atoms with E-state index in [2.05, 4.69) is 12.2 Å². The average molecular weight is 392 g/mol. The summed E-state index contributed by atoms with van der Waals surface area (Å²) in [5, 5.41) is 12.8. The Morgan fingerprint density at radius 3 is 2.56 bits per heavy atom. The molecule has 4 rings (SSSR count). The fraction of sp³-hybridized carbons (Fsp3) is 0.632. The van der Waals surface area contributed by atoms with Crippen LogP contribution < -0.4 is 11.1 Å². The molecule has 2 bridgehead atoms. The second-order valence-corrected chi connectivity index (χ2v) is 8.86. The van der Waals surface area contributed by atoms with Gasteiger partial charge >= 0.3 is 5.97 Å². The molecule has 1 aromatic heterocycles. The molecule has 0 aromatic carbocycles. The minimum Gasteiger partial charge on any atom is -0.481 e. The van der Waals surface area contributed by atoms with Crippen LogP contribution in [0.1, 0.15) is 53.4 Å². The number of hydrogen-bond donors (Lipinski definition) is 3. The number of primary amides is 1. The summed E-state index contributed by atoms with van der Waals surface area (Å²) in [5.41, 5.74) is 6.96. The zero-order valence-corrected chi connectivity index (χ0v) is 16.0. The Bertz CT molecular complexity index is 804. The number of amides is 2. The lowest BCUT2D eigenvalue weighted by molar-refractivity contribution is -0.147. The van der Waals surface area contributed by atoms with Crippen LogP contribution in [0.3, 0.4) is 0 Å². The lowest BCUT2D eigenvalue weighted by atomic mass is 9.78. The van der Waals surface area contributed by atoms with Gasteiger partial charge in [-0.2, -0.15) is 0 Å². The summed E-state index contributed by atoms with van der Waals surface area (Å²) in [7, 11) is 0. The summed E-state index contributed by atoms with van der Waals surface area (Å²) < 4.78 is 5.68. The molecule has 1 aromatic rings. The van der Waals surface area contributed by atoms with Crippen molar-refractivity contribution in [2.45, 2.75) is 57.7 Å². The minimum atomic E-state index is -1.01. The van der Waals surface area contributed by atoms with Gasteiger partial charge in [0.05, 0.1) is 29.6 Å². The Balaban J connectivity index is 1.61. The minimum absolute atomic E-state index is 0.368. The molecule has 3 heterocycles. The number of ether oxygens (including phenoxy) is 1. The molecule has 4 N–H and O–H groups in total. The molecule has 2 saturated heterocycles. The van der Waals surface area contributed by atoms with Crippen LogP contribution in [0.25, 0.3) is 0 Å². The van der Waals surface area contributed by atoms with Gasteiger partial charge in [-0.05, 0) is 43.6 Å². The Kier molecular flexibility index (Phi) is 4.71. The lowest BCUT2D eigenvalue weighted by Gasteiger charge is -2.23. The first-order chi connectivity index (χ1) is 12.9. The molecule has 0 spiro atoms. The van der Waals surface area contributed by atoms with E-state index in [9.17, 15) is 19.5 Å². The van der Waals surface area contributed by atoms with Crippen LogP contribution in [0.5, 0.6) is 0 Å². The van der Waals surface area contributed by atoms with Crippen molar-refractivity contribution in [2.24, 2.45) is 23.5 Å². The largest absolute Gasteiger partial charge is 0.481 e. The molecule has 8 heteroatoms. The molecular weight excluding hydrogens is 368 g/mol. The number of nitrogens with two attached hydrogens (primary N) is 1. The van der Waals surface area contributed by atoms with E-state index in [0.717, 1.165) is 36.1 Å². The second-order valence-electron chi connectivity index (χ2n) is 7.76. The van der Waals surface area contributed by atoms with Gasteiger partial charge in [0, 0.05) is 4.88 Å². The third kappa shape index (κ3) is 3.04. The normalized spacial score (nSPS) is 31.5. The number of carboxylic acid groups (broad SMARTS) is 1. The van der Waals surface area contributed by atoms with Crippen molar-refractivity contribution >= 4 is 34.1 Å². The van der Waals surface area contributed by atoms with Crippen molar-refractivity contribution in [3.63, 3.8) is 0 Å². The van der Waals surface area contributed by atoms with Crippen LogP contribution in [0.15, 0.2) is 0 Å². The molecule has 2 fully saturated rings. The number of hydrogen-bond acceptors (Lipinski definition) is 5. The highest BCUT2D eigenvalue weighted by Crippen LogP contribution is 2.45. The van der Waals surface area contributed by atoms with Crippen molar-refractivity contribution in [2.75, 3.05) is 5.32 Å². The summed E-state index contributed by atoms with van der Waals surface area (Å²) in [6.07, 6.45) is 4.35. The van der Waals surface area contributed by atoms with Crippen molar-refractivity contribution < 1.29 is 24.2 Å². The van der Waals surface area contributed by atoms with E-state index in [-0.39, 0.29) is 12.0 Å². The first kappa shape index (κ1) is 18.4. The molecule has 7 nitrogen and oxygen atoms in total. The van der Waals surface area contributed by atoms with E-state index in [1.165, 1.54) is 11.3 Å². The maximum Gasteiger partial charge on any atom is 0.310 e. The van der Waals surface area contributed by atoms with E-state index >= 15 is 0 Å². The van der Waals surface area contributed by atoms with Crippen LogP contribution in [-0.2, 0) is 27.2 Å². The monoisotopic (exact) mass is 392 g/mol. The molecule has 0 radical (unpaired) electrons. The molecule has 27 heavy (non-hydrogen) atoms. The number of carboxylic acids is 1. The highest BCUT2D eigenvalue weighted by Gasteiger charge is 2.55. The lowest BCUT2D eigenvalue weighted by Crippen LogP contribution is -2.41. The number of rotatable bonds is 5. The van der Waals surface area contributed by atoms with Crippen molar-refractivity contribution in [3.05, 3.63) is 16.0 Å². The number of aliphatic carboxylic acids is 1. The number of fused-ring (bicyclic) bond motifs is 3. The van der Waals surface area contributed by atoms with Crippen LogP contribution in [-0.4, -0.2) is 35.1 Å². The number of carbonyl (C=O) groups is 3. The molecule has 2 aliphatic heterocycles. The van der Waals surface area contributed by atoms with Gasteiger partial charge in [0.1, 0.15) is 5.00 Å². The first-order valence-electron chi connectivity index (χ1n) is 9.54. The summed E-state index contributed by atoms with van der Waals surface area (Å²) in [6.45, 7) is 2.15. The van der Waals surface area contributed by atoms with E-state index in [1.807, 2.05) is 0 Å². The number of anilines is 1. The molecule has 1 aliphatic carbocycles. The molecule has 0 unspecified atom stereocenters. The Hall–Kier alpha value is -1.93. The Morgan fingerprint density at radius 1 is 1.22 bits per heavy atom. The molecule has 146 valence electrons. The average Bonchev–Trinajstić information content (AvgIpc) is 3.32. The number of nitrogens with one attached hydrogen (secondary N) is 1.